The van der Waals surface area contributed by atoms with Crippen LogP contribution in [0.2, 0.25) is 0 Å². The number of fused-ring (bicyclic) bond motifs is 1. The van der Waals surface area contributed by atoms with Crippen molar-refractivity contribution in [3.63, 3.8) is 0 Å². The number of para-hydroxylation sites is 1. The van der Waals surface area contributed by atoms with Crippen LogP contribution in [0.5, 0.6) is 17.2 Å². The first-order valence-corrected chi connectivity index (χ1v) is 10.9. The highest BCUT2D eigenvalue weighted by atomic mass is 16.5. The molecule has 0 fully saturated rings. The Bertz CT molecular complexity index is 1390. The topological polar surface area (TPSA) is 108 Å². The first-order valence-electron chi connectivity index (χ1n) is 10.9. The van der Waals surface area contributed by atoms with Crippen LogP contribution >= 0.6 is 0 Å². The molecule has 36 heavy (non-hydrogen) atoms. The zero-order valence-corrected chi connectivity index (χ0v) is 20.2. The second-order valence-corrected chi connectivity index (χ2v) is 7.63. The lowest BCUT2D eigenvalue weighted by Gasteiger charge is -2.15. The monoisotopic (exact) mass is 487 g/mol. The SMILES string of the molecule is COC(=O)Nc1ccc(NC(=O)c2cc(-c3cc(OC)c(OC)c(OC)c3)nc3ccccc23)cc1. The van der Waals surface area contributed by atoms with Gasteiger partial charge >= 0.3 is 6.09 Å². The van der Waals surface area contributed by atoms with E-state index in [1.54, 1.807) is 56.7 Å². The van der Waals surface area contributed by atoms with Crippen LogP contribution in [-0.4, -0.2) is 45.4 Å². The molecule has 2 amide bonds. The molecule has 0 radical (unpaired) electrons. The highest BCUT2D eigenvalue weighted by molar-refractivity contribution is 6.13. The number of amides is 2. The van der Waals surface area contributed by atoms with Gasteiger partial charge in [0.05, 0.1) is 45.2 Å². The minimum atomic E-state index is -0.575. The normalized spacial score (nSPS) is 10.4. The number of nitrogens with zero attached hydrogens (tertiary/aromatic N) is 1. The van der Waals surface area contributed by atoms with Crippen LogP contribution in [0.1, 0.15) is 10.4 Å². The Labute approximate surface area is 208 Å². The fraction of sp³-hybridized carbons (Fsp3) is 0.148. The van der Waals surface area contributed by atoms with Crippen LogP contribution in [0.3, 0.4) is 0 Å². The lowest BCUT2D eigenvalue weighted by atomic mass is 10.0. The number of anilines is 2. The summed E-state index contributed by atoms with van der Waals surface area (Å²) in [5.41, 5.74) is 3.47. The Hall–Kier alpha value is -4.79. The molecular weight excluding hydrogens is 462 g/mol. The van der Waals surface area contributed by atoms with Crippen molar-refractivity contribution < 1.29 is 28.5 Å². The summed E-state index contributed by atoms with van der Waals surface area (Å²) in [7, 11) is 5.91. The van der Waals surface area contributed by atoms with Crippen LogP contribution in [-0.2, 0) is 4.74 Å². The molecule has 0 saturated heterocycles. The Kier molecular flexibility index (Phi) is 7.20. The first kappa shape index (κ1) is 24.3. The molecule has 0 saturated carbocycles. The average Bonchev–Trinajstić information content (AvgIpc) is 2.92. The van der Waals surface area contributed by atoms with Gasteiger partial charge in [0.2, 0.25) is 5.75 Å². The van der Waals surface area contributed by atoms with Gasteiger partial charge in [0.25, 0.3) is 5.91 Å². The molecule has 9 nitrogen and oxygen atoms in total. The summed E-state index contributed by atoms with van der Waals surface area (Å²) in [5.74, 6) is 1.12. The van der Waals surface area contributed by atoms with E-state index in [0.29, 0.717) is 56.3 Å². The number of carbonyl (C=O) groups is 2. The zero-order valence-electron chi connectivity index (χ0n) is 20.2. The molecule has 0 unspecified atom stereocenters. The van der Waals surface area contributed by atoms with Gasteiger partial charge in [-0.1, -0.05) is 18.2 Å². The zero-order chi connectivity index (χ0) is 25.7. The van der Waals surface area contributed by atoms with Crippen LogP contribution in [0.25, 0.3) is 22.2 Å². The van der Waals surface area contributed by atoms with E-state index in [-0.39, 0.29) is 5.91 Å². The third-order valence-corrected chi connectivity index (χ3v) is 5.50. The highest BCUT2D eigenvalue weighted by Gasteiger charge is 2.18. The standard InChI is InChI=1S/C27H25N3O6/c1-33-23-13-16(14-24(34-2)25(23)35-3)22-15-20(19-7-5-6-8-21(19)30-22)26(31)28-17-9-11-18(12-10-17)29-27(32)36-4/h5-15H,1-4H3,(H,28,31)(H,29,32). The van der Waals surface area contributed by atoms with Crippen LogP contribution in [0.15, 0.2) is 66.7 Å². The number of methoxy groups -OCH3 is 4. The molecule has 4 rings (SSSR count). The van der Waals surface area contributed by atoms with Crippen molar-refractivity contribution in [1.29, 1.82) is 0 Å². The summed E-state index contributed by atoms with van der Waals surface area (Å²) >= 11 is 0. The van der Waals surface area contributed by atoms with Crippen LogP contribution < -0.4 is 24.8 Å². The van der Waals surface area contributed by atoms with E-state index < -0.39 is 6.09 Å². The molecule has 184 valence electrons. The summed E-state index contributed by atoms with van der Waals surface area (Å²) in [4.78, 5) is 29.5. The average molecular weight is 488 g/mol. The molecule has 1 heterocycles. The number of benzene rings is 3. The Morgan fingerprint density at radius 2 is 1.36 bits per heavy atom. The van der Waals surface area contributed by atoms with Crippen molar-refractivity contribution in [3.05, 3.63) is 72.3 Å². The molecule has 9 heteroatoms. The molecule has 0 aliphatic heterocycles. The summed E-state index contributed by atoms with van der Waals surface area (Å²) < 4.78 is 21.0. The van der Waals surface area contributed by atoms with Crippen molar-refractivity contribution in [2.24, 2.45) is 0 Å². The van der Waals surface area contributed by atoms with Gasteiger partial charge in [0.15, 0.2) is 11.5 Å². The predicted octanol–water partition coefficient (Wildman–Crippen LogP) is 5.36. The van der Waals surface area contributed by atoms with Crippen molar-refractivity contribution in [1.82, 2.24) is 4.98 Å². The smallest absolute Gasteiger partial charge is 0.411 e. The van der Waals surface area contributed by atoms with E-state index in [1.165, 1.54) is 14.2 Å². The molecule has 0 aliphatic carbocycles. The van der Waals surface area contributed by atoms with Gasteiger partial charge in [-0.05, 0) is 48.5 Å². The van der Waals surface area contributed by atoms with Crippen molar-refractivity contribution in [2.45, 2.75) is 0 Å². The van der Waals surface area contributed by atoms with E-state index in [1.807, 2.05) is 24.3 Å². The van der Waals surface area contributed by atoms with E-state index in [2.05, 4.69) is 15.4 Å². The lowest BCUT2D eigenvalue weighted by molar-refractivity contribution is 0.102. The number of pyridine rings is 1. The molecule has 2 N–H and O–H groups in total. The summed E-state index contributed by atoms with van der Waals surface area (Å²) in [6.45, 7) is 0. The van der Waals surface area contributed by atoms with Crippen molar-refractivity contribution in [3.8, 4) is 28.5 Å². The number of hydrogen-bond acceptors (Lipinski definition) is 7. The van der Waals surface area contributed by atoms with E-state index >= 15 is 0 Å². The second-order valence-electron chi connectivity index (χ2n) is 7.63. The Balaban J connectivity index is 1.72. The van der Waals surface area contributed by atoms with Gasteiger partial charge in [-0.25, -0.2) is 9.78 Å². The summed E-state index contributed by atoms with van der Waals surface area (Å²) in [5, 5.41) is 6.18. The highest BCUT2D eigenvalue weighted by Crippen LogP contribution is 2.41. The maximum atomic E-state index is 13.4. The number of ether oxygens (including phenoxy) is 4. The van der Waals surface area contributed by atoms with Gasteiger partial charge in [-0.3, -0.25) is 10.1 Å². The van der Waals surface area contributed by atoms with Gasteiger partial charge in [0.1, 0.15) is 0 Å². The fourth-order valence-corrected chi connectivity index (χ4v) is 3.74. The molecule has 0 bridgehead atoms. The third-order valence-electron chi connectivity index (χ3n) is 5.50. The largest absolute Gasteiger partial charge is 0.493 e. The molecule has 0 atom stereocenters. The minimum absolute atomic E-state index is 0.309. The minimum Gasteiger partial charge on any atom is -0.493 e. The molecular formula is C27H25N3O6. The summed E-state index contributed by atoms with van der Waals surface area (Å²) in [6.07, 6.45) is -0.575. The number of carbonyl (C=O) groups excluding carboxylic acids is 2. The molecule has 1 aromatic heterocycles. The van der Waals surface area contributed by atoms with E-state index in [0.717, 1.165) is 0 Å². The van der Waals surface area contributed by atoms with Crippen LogP contribution in [0, 0.1) is 0 Å². The fourth-order valence-electron chi connectivity index (χ4n) is 3.74. The van der Waals surface area contributed by atoms with Crippen LogP contribution in [0.4, 0.5) is 16.2 Å². The Morgan fingerprint density at radius 1 is 0.750 bits per heavy atom. The van der Waals surface area contributed by atoms with Crippen molar-refractivity contribution in [2.75, 3.05) is 39.1 Å². The maximum Gasteiger partial charge on any atom is 0.411 e. The number of rotatable bonds is 7. The molecule has 4 aromatic rings. The third kappa shape index (κ3) is 5.00. The van der Waals surface area contributed by atoms with E-state index in [4.69, 9.17) is 19.2 Å². The quantitative estimate of drug-likeness (QED) is 0.361. The number of aromatic nitrogens is 1. The van der Waals surface area contributed by atoms with Gasteiger partial charge in [-0.2, -0.15) is 0 Å². The van der Waals surface area contributed by atoms with Gasteiger partial charge in [0, 0.05) is 22.3 Å². The van der Waals surface area contributed by atoms with Gasteiger partial charge < -0.3 is 24.3 Å². The Morgan fingerprint density at radius 3 is 1.94 bits per heavy atom. The second kappa shape index (κ2) is 10.6. The van der Waals surface area contributed by atoms with Gasteiger partial charge in [-0.15, -0.1) is 0 Å². The number of nitrogens with one attached hydrogen (secondary N) is 2. The number of hydrogen-bond donors (Lipinski definition) is 2. The first-order chi connectivity index (χ1) is 17.5. The maximum absolute atomic E-state index is 13.4. The molecule has 0 aliphatic rings. The molecule has 0 spiro atoms. The predicted molar refractivity (Wildman–Crippen MR) is 137 cm³/mol. The van der Waals surface area contributed by atoms with Crippen molar-refractivity contribution >= 4 is 34.3 Å². The molecule has 3 aromatic carbocycles. The van der Waals surface area contributed by atoms with E-state index in [9.17, 15) is 9.59 Å². The summed E-state index contributed by atoms with van der Waals surface area (Å²) in [6, 6.07) is 19.4. The lowest BCUT2D eigenvalue weighted by Crippen LogP contribution is -2.14.